The molecule has 0 bridgehead atoms. The molecule has 0 aliphatic carbocycles. The number of carbonyl (C=O) groups excluding carboxylic acids is 1. The van der Waals surface area contributed by atoms with E-state index in [4.69, 9.17) is 14.6 Å². The molecule has 0 saturated carbocycles. The second-order valence-electron chi connectivity index (χ2n) is 7.25. The van der Waals surface area contributed by atoms with Crippen molar-refractivity contribution in [2.45, 2.75) is 39.3 Å². The monoisotopic (exact) mass is 355 g/mol. The maximum atomic E-state index is 13.0. The highest BCUT2D eigenvalue weighted by atomic mass is 16.5. The molecule has 26 heavy (non-hydrogen) atoms. The van der Waals surface area contributed by atoms with Crippen LogP contribution in [-0.2, 0) is 23.3 Å². The number of nitrogens with two attached hydrogens (primary N) is 1. The molecule has 1 aromatic carbocycles. The van der Waals surface area contributed by atoms with Crippen molar-refractivity contribution in [2.24, 2.45) is 0 Å². The molecule has 0 aliphatic rings. The van der Waals surface area contributed by atoms with Gasteiger partial charge in [-0.2, -0.15) is 0 Å². The summed E-state index contributed by atoms with van der Waals surface area (Å²) in [6, 6.07) is 7.09. The number of hydrogen-bond acceptors (Lipinski definition) is 5. The van der Waals surface area contributed by atoms with Crippen LogP contribution in [0, 0.1) is 0 Å². The highest BCUT2D eigenvalue weighted by Gasteiger charge is 2.24. The van der Waals surface area contributed by atoms with E-state index in [9.17, 15) is 4.79 Å². The Morgan fingerprint density at radius 3 is 2.58 bits per heavy atom. The number of benzene rings is 1. The first-order valence-corrected chi connectivity index (χ1v) is 8.33. The Kier molecular flexibility index (Phi) is 3.82. The van der Waals surface area contributed by atoms with E-state index in [2.05, 4.69) is 9.97 Å². The van der Waals surface area contributed by atoms with Crippen LogP contribution >= 0.6 is 0 Å². The van der Waals surface area contributed by atoms with Crippen molar-refractivity contribution in [3.8, 4) is 0 Å². The fraction of sp³-hybridized carbons (Fsp3) is 0.350. The zero-order valence-corrected chi connectivity index (χ0v) is 15.1. The maximum Gasteiger partial charge on any atom is 0.169 e. The lowest BCUT2D eigenvalue weighted by atomic mass is 10.0. The summed E-state index contributed by atoms with van der Waals surface area (Å²) in [5, 5.41) is 0.565. The number of ether oxygens (including phenoxy) is 1. The van der Waals surface area contributed by atoms with Gasteiger partial charge in [-0.05, 0) is 31.9 Å². The summed E-state index contributed by atoms with van der Waals surface area (Å²) < 4.78 is 28.0. The van der Waals surface area contributed by atoms with Gasteiger partial charge in [0.1, 0.15) is 17.8 Å². The average molecular weight is 355 g/mol. The fourth-order valence-corrected chi connectivity index (χ4v) is 2.93. The first kappa shape index (κ1) is 14.4. The number of carbonyl (C=O) groups is 1. The molecular formula is C20H24N4O2. The molecule has 0 fully saturated rings. The predicted octanol–water partition coefficient (Wildman–Crippen LogP) is 3.34. The zero-order chi connectivity index (χ0) is 21.4. The van der Waals surface area contributed by atoms with Crippen LogP contribution in [0.3, 0.4) is 0 Å². The van der Waals surface area contributed by atoms with Gasteiger partial charge in [-0.3, -0.25) is 4.79 Å². The quantitative estimate of drug-likeness (QED) is 0.710. The van der Waals surface area contributed by atoms with Crippen molar-refractivity contribution in [3.63, 3.8) is 0 Å². The van der Waals surface area contributed by atoms with Gasteiger partial charge in [0, 0.05) is 30.8 Å². The van der Waals surface area contributed by atoms with Gasteiger partial charge in [0.2, 0.25) is 0 Å². The van der Waals surface area contributed by atoms with E-state index in [1.165, 1.54) is 6.33 Å². The van der Waals surface area contributed by atoms with Crippen LogP contribution in [-0.4, -0.2) is 27.4 Å². The second-order valence-corrected chi connectivity index (χ2v) is 7.25. The second kappa shape index (κ2) is 6.88. The van der Waals surface area contributed by atoms with E-state index < -0.39 is 7.04 Å². The number of fused-ring (bicyclic) bond motifs is 1. The van der Waals surface area contributed by atoms with Crippen LogP contribution in [0.1, 0.15) is 46.4 Å². The molecule has 0 amide bonds. The molecule has 0 atom stereocenters. The Labute approximate surface area is 157 Å². The number of rotatable bonds is 5. The van der Waals surface area contributed by atoms with Crippen LogP contribution in [0.2, 0.25) is 0 Å². The first-order valence-electron chi connectivity index (χ1n) is 9.83. The van der Waals surface area contributed by atoms with E-state index >= 15 is 0 Å². The minimum absolute atomic E-state index is 0.0162. The number of aromatic nitrogens is 3. The molecule has 136 valence electrons. The summed E-state index contributed by atoms with van der Waals surface area (Å²) >= 11 is 0. The summed E-state index contributed by atoms with van der Waals surface area (Å²) in [5.74, 6) is 0.185. The maximum absolute atomic E-state index is 13.0. The molecule has 3 aromatic rings. The summed E-state index contributed by atoms with van der Waals surface area (Å²) in [6.07, 6.45) is 3.36. The SMILES string of the molecule is [2H]C([2H])([2H])OCc1ccc(CC(=O)c2cn(C(C)(C)C)c3ncnc(N)c23)cc1. The number of ketones is 1. The van der Waals surface area contributed by atoms with Crippen molar-refractivity contribution in [1.29, 1.82) is 0 Å². The number of hydrogen-bond donors (Lipinski definition) is 1. The fourth-order valence-electron chi connectivity index (χ4n) is 2.93. The lowest BCUT2D eigenvalue weighted by molar-refractivity contribution is 0.0994. The third-order valence-electron chi connectivity index (χ3n) is 4.26. The summed E-state index contributed by atoms with van der Waals surface area (Å²) in [7, 11) is -2.43. The molecule has 0 spiro atoms. The topological polar surface area (TPSA) is 83.0 Å². The van der Waals surface area contributed by atoms with Gasteiger partial charge in [0.15, 0.2) is 5.78 Å². The zero-order valence-electron chi connectivity index (χ0n) is 18.1. The molecular weight excluding hydrogens is 328 g/mol. The highest BCUT2D eigenvalue weighted by Crippen LogP contribution is 2.29. The van der Waals surface area contributed by atoms with Crippen LogP contribution < -0.4 is 5.73 Å². The van der Waals surface area contributed by atoms with E-state index in [1.54, 1.807) is 30.5 Å². The third kappa shape index (κ3) is 3.46. The molecule has 3 rings (SSSR count). The lowest BCUT2D eigenvalue weighted by Gasteiger charge is -2.21. The molecule has 0 aliphatic heterocycles. The van der Waals surface area contributed by atoms with Crippen molar-refractivity contribution in [3.05, 3.63) is 53.5 Å². The first-order chi connectivity index (χ1) is 13.5. The number of anilines is 1. The minimum atomic E-state index is -2.43. The summed E-state index contributed by atoms with van der Waals surface area (Å²) in [6.45, 7) is 6.06. The van der Waals surface area contributed by atoms with E-state index in [-0.39, 0.29) is 30.2 Å². The van der Waals surface area contributed by atoms with Gasteiger partial charge in [-0.1, -0.05) is 24.3 Å². The Bertz CT molecular complexity index is 1030. The summed E-state index contributed by atoms with van der Waals surface area (Å²) in [5.41, 5.74) is 8.43. The molecule has 2 N–H and O–H groups in total. The van der Waals surface area contributed by atoms with Crippen molar-refractivity contribution in [1.82, 2.24) is 14.5 Å². The van der Waals surface area contributed by atoms with Crippen LogP contribution in [0.4, 0.5) is 5.82 Å². The predicted molar refractivity (Wildman–Crippen MR) is 102 cm³/mol. The molecule has 0 saturated heterocycles. The molecule has 2 aromatic heterocycles. The number of Topliss-reactive ketones (excluding diaryl/α,β-unsaturated/α-hetero) is 1. The van der Waals surface area contributed by atoms with Crippen molar-refractivity contribution >= 4 is 22.6 Å². The van der Waals surface area contributed by atoms with Crippen molar-refractivity contribution < 1.29 is 13.6 Å². The van der Waals surface area contributed by atoms with E-state index in [0.29, 0.717) is 16.6 Å². The smallest absolute Gasteiger partial charge is 0.169 e. The Balaban J connectivity index is 1.85. The van der Waals surface area contributed by atoms with E-state index in [1.807, 2.05) is 25.3 Å². The van der Waals surface area contributed by atoms with Crippen LogP contribution in [0.5, 0.6) is 0 Å². The third-order valence-corrected chi connectivity index (χ3v) is 4.26. The Morgan fingerprint density at radius 2 is 1.92 bits per heavy atom. The van der Waals surface area contributed by atoms with Crippen molar-refractivity contribution in [2.75, 3.05) is 12.8 Å². The standard InChI is InChI=1S/C20H24N4O2/c1-20(2,3)24-10-15(17-18(21)22-12-23-19(17)24)16(25)9-13-5-7-14(8-6-13)11-26-4/h5-8,10,12H,9,11H2,1-4H3,(H2,21,22,23)/i4D3. The van der Waals surface area contributed by atoms with Gasteiger partial charge >= 0.3 is 0 Å². The van der Waals surface area contributed by atoms with Gasteiger partial charge in [0.05, 0.1) is 16.1 Å². The van der Waals surface area contributed by atoms with Crippen LogP contribution in [0.25, 0.3) is 11.0 Å². The summed E-state index contributed by atoms with van der Waals surface area (Å²) in [4.78, 5) is 21.4. The van der Waals surface area contributed by atoms with Gasteiger partial charge in [0.25, 0.3) is 0 Å². The number of nitrogens with zero attached hydrogens (tertiary/aromatic N) is 3. The van der Waals surface area contributed by atoms with Gasteiger partial charge in [-0.25, -0.2) is 9.97 Å². The molecule has 6 nitrogen and oxygen atoms in total. The lowest BCUT2D eigenvalue weighted by Crippen LogP contribution is -2.21. The van der Waals surface area contributed by atoms with E-state index in [0.717, 1.165) is 11.1 Å². The minimum Gasteiger partial charge on any atom is -0.383 e. The Morgan fingerprint density at radius 1 is 1.23 bits per heavy atom. The Hall–Kier alpha value is -2.73. The molecule has 0 radical (unpaired) electrons. The van der Waals surface area contributed by atoms with Crippen LogP contribution in [0.15, 0.2) is 36.8 Å². The highest BCUT2D eigenvalue weighted by molar-refractivity contribution is 6.11. The normalized spacial score (nSPS) is 14.0. The molecule has 2 heterocycles. The number of methoxy groups -OCH3 is 1. The largest absolute Gasteiger partial charge is 0.383 e. The van der Waals surface area contributed by atoms with Gasteiger partial charge in [-0.15, -0.1) is 0 Å². The number of nitrogen functional groups attached to an aromatic ring is 1. The molecule has 0 unspecified atom stereocenters. The van der Waals surface area contributed by atoms with Gasteiger partial charge < -0.3 is 15.0 Å². The average Bonchev–Trinajstić information content (AvgIpc) is 3.02. The molecule has 6 heteroatoms.